The average molecular weight is 376 g/mol. The van der Waals surface area contributed by atoms with E-state index in [1.807, 2.05) is 50.5 Å². The molecule has 0 aliphatic rings. The number of likely N-dealkylation sites (N-methyl/N-ethyl adjacent to an activating group) is 1. The Bertz CT molecular complexity index is 846. The van der Waals surface area contributed by atoms with Crippen molar-refractivity contribution in [3.05, 3.63) is 60.4 Å². The summed E-state index contributed by atoms with van der Waals surface area (Å²) in [6.07, 6.45) is 5.15. The van der Waals surface area contributed by atoms with Crippen molar-refractivity contribution in [1.82, 2.24) is 25.4 Å². The average Bonchev–Trinajstić information content (AvgIpc) is 3.26. The summed E-state index contributed by atoms with van der Waals surface area (Å²) in [5.74, 6) is 0.977. The van der Waals surface area contributed by atoms with E-state index < -0.39 is 6.04 Å². The molecule has 2 N–H and O–H groups in total. The minimum atomic E-state index is -0.486. The smallest absolute Gasteiger partial charge is 0.242 e. The van der Waals surface area contributed by atoms with Gasteiger partial charge < -0.3 is 15.1 Å². The van der Waals surface area contributed by atoms with Crippen molar-refractivity contribution < 1.29 is 9.21 Å². The fourth-order valence-corrected chi connectivity index (χ4v) is 2.62. The van der Waals surface area contributed by atoms with Crippen LogP contribution < -0.4 is 10.6 Å². The maximum atomic E-state index is 12.6. The zero-order valence-corrected chi connectivity index (χ0v) is 15.7. The fraction of sp³-hybridized carbons (Fsp3) is 0.278. The molecule has 26 heavy (non-hydrogen) atoms. The summed E-state index contributed by atoms with van der Waals surface area (Å²) in [5.41, 5.74) is 1.75. The topological polar surface area (TPSA) is 85.0 Å². The van der Waals surface area contributed by atoms with Crippen molar-refractivity contribution in [2.75, 3.05) is 7.05 Å². The lowest BCUT2D eigenvalue weighted by Gasteiger charge is -2.17. The van der Waals surface area contributed by atoms with E-state index in [1.165, 1.54) is 0 Å². The second kappa shape index (κ2) is 8.64. The van der Waals surface area contributed by atoms with Gasteiger partial charge in [0.05, 0.1) is 12.4 Å². The highest BCUT2D eigenvalue weighted by Crippen LogP contribution is 2.23. The molecule has 3 rings (SSSR count). The molecular weight excluding hydrogens is 354 g/mol. The monoisotopic (exact) mass is 375 g/mol. The van der Waals surface area contributed by atoms with Gasteiger partial charge in [0.25, 0.3) is 0 Å². The number of nitrogens with zero attached hydrogens (tertiary/aromatic N) is 3. The molecule has 0 saturated carbocycles. The number of benzene rings is 1. The van der Waals surface area contributed by atoms with Crippen molar-refractivity contribution in [3.8, 4) is 11.3 Å². The Kier molecular flexibility index (Phi) is 6.54. The Morgan fingerprint density at radius 2 is 1.96 bits per heavy atom. The largest absolute Gasteiger partial charge is 0.438 e. The van der Waals surface area contributed by atoms with Crippen LogP contribution in [0.2, 0.25) is 0 Å². The molecule has 0 fully saturated rings. The first-order valence-electron chi connectivity index (χ1n) is 8.06. The highest BCUT2D eigenvalue weighted by Gasteiger charge is 2.23. The molecule has 0 spiro atoms. The Morgan fingerprint density at radius 1 is 1.23 bits per heavy atom. The third-order valence-electron chi connectivity index (χ3n) is 3.92. The van der Waals surface area contributed by atoms with Crippen LogP contribution in [0.25, 0.3) is 11.3 Å². The molecule has 2 unspecified atom stereocenters. The van der Waals surface area contributed by atoms with Crippen molar-refractivity contribution >= 4 is 18.3 Å². The standard InChI is InChI=1S/C18H21N5O2.ClH/c1-12(18-20-10-15(25-18)13-7-5-4-6-8-13)22-17(24)16(19-2)14-9-21-23(3)11-14;/h4-12,16,19H,1-3H3,(H,22,24);1H. The minimum absolute atomic E-state index is 0. The van der Waals surface area contributed by atoms with E-state index >= 15 is 0 Å². The zero-order chi connectivity index (χ0) is 17.8. The van der Waals surface area contributed by atoms with Crippen LogP contribution in [0.1, 0.15) is 30.5 Å². The molecule has 0 saturated heterocycles. The van der Waals surface area contributed by atoms with Gasteiger partial charge in [0.1, 0.15) is 12.1 Å². The predicted molar refractivity (Wildman–Crippen MR) is 101 cm³/mol. The van der Waals surface area contributed by atoms with Crippen LogP contribution in [-0.2, 0) is 11.8 Å². The van der Waals surface area contributed by atoms with E-state index in [0.717, 1.165) is 11.1 Å². The third-order valence-corrected chi connectivity index (χ3v) is 3.92. The quantitative estimate of drug-likeness (QED) is 0.691. The van der Waals surface area contributed by atoms with Crippen LogP contribution in [0.3, 0.4) is 0 Å². The molecule has 2 aromatic heterocycles. The predicted octanol–water partition coefficient (Wildman–Crippen LogP) is 2.63. The molecule has 138 valence electrons. The Balaban J connectivity index is 0.00000243. The summed E-state index contributed by atoms with van der Waals surface area (Å²) in [6.45, 7) is 1.84. The van der Waals surface area contributed by atoms with Crippen LogP contribution in [0.15, 0.2) is 53.3 Å². The van der Waals surface area contributed by atoms with Gasteiger partial charge >= 0.3 is 0 Å². The van der Waals surface area contributed by atoms with Crippen molar-refractivity contribution in [2.24, 2.45) is 7.05 Å². The molecule has 8 heteroatoms. The maximum absolute atomic E-state index is 12.6. The molecule has 7 nitrogen and oxygen atoms in total. The second-order valence-electron chi connectivity index (χ2n) is 5.83. The van der Waals surface area contributed by atoms with Crippen molar-refractivity contribution in [3.63, 3.8) is 0 Å². The first-order valence-corrected chi connectivity index (χ1v) is 8.06. The zero-order valence-electron chi connectivity index (χ0n) is 14.8. The van der Waals surface area contributed by atoms with Gasteiger partial charge in [0, 0.05) is 24.4 Å². The lowest BCUT2D eigenvalue weighted by atomic mass is 10.1. The van der Waals surface area contributed by atoms with Gasteiger partial charge in [-0.1, -0.05) is 30.3 Å². The van der Waals surface area contributed by atoms with Gasteiger partial charge in [-0.2, -0.15) is 5.10 Å². The van der Waals surface area contributed by atoms with E-state index in [2.05, 4.69) is 20.7 Å². The third kappa shape index (κ3) is 4.30. The summed E-state index contributed by atoms with van der Waals surface area (Å²) < 4.78 is 7.46. The Hall–Kier alpha value is -2.64. The molecule has 2 atom stereocenters. The van der Waals surface area contributed by atoms with Gasteiger partial charge in [-0.15, -0.1) is 12.4 Å². The van der Waals surface area contributed by atoms with Gasteiger partial charge in [-0.3, -0.25) is 9.48 Å². The number of carbonyl (C=O) groups is 1. The molecule has 2 heterocycles. The van der Waals surface area contributed by atoms with Gasteiger partial charge in [0.15, 0.2) is 5.76 Å². The normalized spacial score (nSPS) is 12.9. The fourth-order valence-electron chi connectivity index (χ4n) is 2.62. The maximum Gasteiger partial charge on any atom is 0.242 e. The van der Waals surface area contributed by atoms with Crippen molar-refractivity contribution in [1.29, 1.82) is 0 Å². The molecule has 0 bridgehead atoms. The second-order valence-corrected chi connectivity index (χ2v) is 5.83. The van der Waals surface area contributed by atoms with E-state index in [1.54, 1.807) is 24.1 Å². The number of hydrogen-bond donors (Lipinski definition) is 2. The van der Waals surface area contributed by atoms with Crippen LogP contribution in [-0.4, -0.2) is 27.7 Å². The van der Waals surface area contributed by atoms with Gasteiger partial charge in [-0.05, 0) is 14.0 Å². The number of aromatic nitrogens is 3. The molecule has 1 aromatic carbocycles. The van der Waals surface area contributed by atoms with Crippen molar-refractivity contribution in [2.45, 2.75) is 19.0 Å². The molecule has 3 aromatic rings. The van der Waals surface area contributed by atoms with E-state index in [4.69, 9.17) is 4.42 Å². The number of halogens is 1. The lowest BCUT2D eigenvalue weighted by Crippen LogP contribution is -2.37. The van der Waals surface area contributed by atoms with E-state index in [9.17, 15) is 4.79 Å². The summed E-state index contributed by atoms with van der Waals surface area (Å²) in [6, 6.07) is 8.89. The molecule has 0 aliphatic heterocycles. The molecular formula is C18H22ClN5O2. The number of oxazole rings is 1. The van der Waals surface area contributed by atoms with E-state index in [0.29, 0.717) is 11.7 Å². The highest BCUT2D eigenvalue weighted by molar-refractivity contribution is 5.85. The summed E-state index contributed by atoms with van der Waals surface area (Å²) in [5, 5.41) is 10.0. The highest BCUT2D eigenvalue weighted by atomic mass is 35.5. The van der Waals surface area contributed by atoms with Gasteiger partial charge in [-0.25, -0.2) is 4.98 Å². The first-order chi connectivity index (χ1) is 12.1. The lowest BCUT2D eigenvalue weighted by molar-refractivity contribution is -0.124. The van der Waals surface area contributed by atoms with Crippen LogP contribution >= 0.6 is 12.4 Å². The summed E-state index contributed by atoms with van der Waals surface area (Å²) in [4.78, 5) is 16.9. The summed E-state index contributed by atoms with van der Waals surface area (Å²) in [7, 11) is 3.55. The van der Waals surface area contributed by atoms with E-state index in [-0.39, 0.29) is 24.4 Å². The SMILES string of the molecule is CNC(C(=O)NC(C)c1ncc(-c2ccccc2)o1)c1cnn(C)c1.Cl. The number of nitrogens with one attached hydrogen (secondary N) is 2. The summed E-state index contributed by atoms with van der Waals surface area (Å²) >= 11 is 0. The Morgan fingerprint density at radius 3 is 2.58 bits per heavy atom. The number of aryl methyl sites for hydroxylation is 1. The minimum Gasteiger partial charge on any atom is -0.438 e. The molecule has 0 radical (unpaired) electrons. The molecule has 0 aliphatic carbocycles. The number of rotatable bonds is 6. The van der Waals surface area contributed by atoms with Crippen LogP contribution in [0, 0.1) is 0 Å². The van der Waals surface area contributed by atoms with Crippen LogP contribution in [0.4, 0.5) is 0 Å². The van der Waals surface area contributed by atoms with Gasteiger partial charge in [0.2, 0.25) is 11.8 Å². The number of hydrogen-bond acceptors (Lipinski definition) is 5. The number of amides is 1. The number of carbonyl (C=O) groups excluding carboxylic acids is 1. The first kappa shape index (κ1) is 19.7. The molecule has 1 amide bonds. The Labute approximate surface area is 158 Å². The van der Waals surface area contributed by atoms with Crippen LogP contribution in [0.5, 0.6) is 0 Å².